The SMILES string of the molecule is Cl.O=C(O)Nc1nc2ccc(NC(=O)[C@H]3NCC[C@H]3C3CCCCC3)cc2s1. The van der Waals surface area contributed by atoms with Crippen LogP contribution in [0.1, 0.15) is 38.5 Å². The average Bonchev–Trinajstić information content (AvgIpc) is 3.28. The van der Waals surface area contributed by atoms with Crippen LogP contribution >= 0.6 is 23.7 Å². The number of thiazole rings is 1. The van der Waals surface area contributed by atoms with Crippen molar-refractivity contribution >= 4 is 56.8 Å². The van der Waals surface area contributed by atoms with E-state index in [0.29, 0.717) is 28.2 Å². The predicted octanol–water partition coefficient (Wildman–Crippen LogP) is 4.30. The highest BCUT2D eigenvalue weighted by atomic mass is 35.5. The molecule has 2 atom stereocenters. The van der Waals surface area contributed by atoms with Gasteiger partial charge in [-0.2, -0.15) is 0 Å². The molecular formula is C19H25ClN4O3S. The normalized spacial score (nSPS) is 22.6. The fourth-order valence-electron chi connectivity index (χ4n) is 4.45. The van der Waals surface area contributed by atoms with E-state index in [9.17, 15) is 9.59 Å². The maximum atomic E-state index is 12.9. The van der Waals surface area contributed by atoms with Gasteiger partial charge in [-0.3, -0.25) is 10.1 Å². The standard InChI is InChI=1S/C19H24N4O3S.ClH/c24-17(16-13(8-9-20-16)11-4-2-1-3-5-11)21-12-6-7-14-15(10-12)27-18(22-14)23-19(25)26;/h6-7,10-11,13,16,20H,1-5,8-9H2,(H,21,24)(H,22,23)(H,25,26);1H/t13-,16-;/m0./s1. The molecule has 2 heterocycles. The Morgan fingerprint density at radius 3 is 2.68 bits per heavy atom. The van der Waals surface area contributed by atoms with Crippen LogP contribution in [0.4, 0.5) is 15.6 Å². The fourth-order valence-corrected chi connectivity index (χ4v) is 5.34. The van der Waals surface area contributed by atoms with Crippen LogP contribution in [0.2, 0.25) is 0 Å². The van der Waals surface area contributed by atoms with Gasteiger partial charge in [0.25, 0.3) is 0 Å². The summed E-state index contributed by atoms with van der Waals surface area (Å²) in [5, 5.41) is 17.8. The van der Waals surface area contributed by atoms with Gasteiger partial charge in [0.15, 0.2) is 5.13 Å². The third kappa shape index (κ3) is 4.56. The second kappa shape index (κ2) is 9.07. The second-order valence-corrected chi connectivity index (χ2v) is 8.43. The van der Waals surface area contributed by atoms with Crippen LogP contribution in [-0.4, -0.2) is 34.7 Å². The highest BCUT2D eigenvalue weighted by molar-refractivity contribution is 7.22. The second-order valence-electron chi connectivity index (χ2n) is 7.40. The Kier molecular flexibility index (Phi) is 6.74. The highest BCUT2D eigenvalue weighted by Gasteiger charge is 2.38. The zero-order chi connectivity index (χ0) is 18.8. The van der Waals surface area contributed by atoms with Gasteiger partial charge < -0.3 is 15.7 Å². The van der Waals surface area contributed by atoms with Gasteiger partial charge in [-0.05, 0) is 43.0 Å². The summed E-state index contributed by atoms with van der Waals surface area (Å²) in [5.41, 5.74) is 1.43. The Morgan fingerprint density at radius 1 is 1.14 bits per heavy atom. The molecule has 1 aromatic carbocycles. The van der Waals surface area contributed by atoms with Crippen molar-refractivity contribution < 1.29 is 14.7 Å². The molecule has 7 nitrogen and oxygen atoms in total. The summed E-state index contributed by atoms with van der Waals surface area (Å²) in [6, 6.07) is 5.33. The minimum absolute atomic E-state index is 0. The summed E-state index contributed by atoms with van der Waals surface area (Å²) >= 11 is 1.25. The monoisotopic (exact) mass is 424 g/mol. The number of carbonyl (C=O) groups excluding carboxylic acids is 1. The summed E-state index contributed by atoms with van der Waals surface area (Å²) in [6.45, 7) is 0.900. The third-order valence-electron chi connectivity index (χ3n) is 5.68. The van der Waals surface area contributed by atoms with E-state index in [2.05, 4.69) is 20.9 Å². The first-order chi connectivity index (χ1) is 13.1. The molecule has 1 aromatic heterocycles. The summed E-state index contributed by atoms with van der Waals surface area (Å²) in [6.07, 6.45) is 6.30. The van der Waals surface area contributed by atoms with E-state index in [1.165, 1.54) is 43.4 Å². The van der Waals surface area contributed by atoms with Gasteiger partial charge in [0.2, 0.25) is 5.91 Å². The van der Waals surface area contributed by atoms with E-state index in [-0.39, 0.29) is 24.4 Å². The molecule has 0 unspecified atom stereocenters. The summed E-state index contributed by atoms with van der Waals surface area (Å²) in [4.78, 5) is 27.9. The number of halogens is 1. The lowest BCUT2D eigenvalue weighted by molar-refractivity contribution is -0.119. The van der Waals surface area contributed by atoms with Crippen LogP contribution in [-0.2, 0) is 4.79 Å². The van der Waals surface area contributed by atoms with Gasteiger partial charge in [0, 0.05) is 5.69 Å². The molecule has 2 aromatic rings. The molecule has 0 radical (unpaired) electrons. The van der Waals surface area contributed by atoms with Crippen molar-refractivity contribution in [3.63, 3.8) is 0 Å². The summed E-state index contributed by atoms with van der Waals surface area (Å²) < 4.78 is 0.833. The number of aromatic nitrogens is 1. The highest BCUT2D eigenvalue weighted by Crippen LogP contribution is 2.36. The van der Waals surface area contributed by atoms with Crippen molar-refractivity contribution in [2.45, 2.75) is 44.6 Å². The van der Waals surface area contributed by atoms with Crippen LogP contribution in [0.15, 0.2) is 18.2 Å². The van der Waals surface area contributed by atoms with E-state index in [1.807, 2.05) is 12.1 Å². The quantitative estimate of drug-likeness (QED) is 0.585. The number of benzene rings is 1. The van der Waals surface area contributed by atoms with E-state index in [4.69, 9.17) is 5.11 Å². The van der Waals surface area contributed by atoms with Crippen molar-refractivity contribution in [1.82, 2.24) is 10.3 Å². The Morgan fingerprint density at radius 2 is 1.93 bits per heavy atom. The maximum absolute atomic E-state index is 12.9. The third-order valence-corrected chi connectivity index (χ3v) is 6.61. The number of amides is 2. The van der Waals surface area contributed by atoms with Crippen molar-refractivity contribution in [3.05, 3.63) is 18.2 Å². The molecule has 4 N–H and O–H groups in total. The molecule has 1 aliphatic heterocycles. The van der Waals surface area contributed by atoms with Gasteiger partial charge in [0.05, 0.1) is 16.3 Å². The number of nitrogens with zero attached hydrogens (tertiary/aromatic N) is 1. The fraction of sp³-hybridized carbons (Fsp3) is 0.526. The Bertz CT molecular complexity index is 853. The van der Waals surface area contributed by atoms with Crippen molar-refractivity contribution in [2.75, 3.05) is 17.2 Å². The number of nitrogens with one attached hydrogen (secondary N) is 3. The van der Waals surface area contributed by atoms with Crippen LogP contribution in [0, 0.1) is 11.8 Å². The van der Waals surface area contributed by atoms with Crippen molar-refractivity contribution in [2.24, 2.45) is 11.8 Å². The summed E-state index contributed by atoms with van der Waals surface area (Å²) in [5.74, 6) is 1.10. The largest absolute Gasteiger partial charge is 0.465 e. The molecule has 1 saturated carbocycles. The molecule has 0 spiro atoms. The van der Waals surface area contributed by atoms with Gasteiger partial charge in [0.1, 0.15) is 0 Å². The molecule has 4 rings (SSSR count). The number of fused-ring (bicyclic) bond motifs is 1. The molecule has 0 bridgehead atoms. The minimum atomic E-state index is -1.14. The number of rotatable bonds is 4. The number of carboxylic acid groups (broad SMARTS) is 1. The van der Waals surface area contributed by atoms with E-state index in [0.717, 1.165) is 17.7 Å². The minimum Gasteiger partial charge on any atom is -0.465 e. The molecule has 28 heavy (non-hydrogen) atoms. The average molecular weight is 425 g/mol. The van der Waals surface area contributed by atoms with Gasteiger partial charge >= 0.3 is 6.09 Å². The Hall–Kier alpha value is -1.90. The van der Waals surface area contributed by atoms with Crippen LogP contribution in [0.5, 0.6) is 0 Å². The first-order valence-electron chi connectivity index (χ1n) is 9.55. The van der Waals surface area contributed by atoms with Gasteiger partial charge in [-0.25, -0.2) is 9.78 Å². The molecule has 9 heteroatoms. The maximum Gasteiger partial charge on any atom is 0.410 e. The predicted molar refractivity (Wildman–Crippen MR) is 114 cm³/mol. The lowest BCUT2D eigenvalue weighted by Gasteiger charge is -2.30. The van der Waals surface area contributed by atoms with Crippen LogP contribution in [0.3, 0.4) is 0 Å². The van der Waals surface area contributed by atoms with Crippen molar-refractivity contribution in [1.29, 1.82) is 0 Å². The lowest BCUT2D eigenvalue weighted by Crippen LogP contribution is -2.42. The number of hydrogen-bond acceptors (Lipinski definition) is 5. The zero-order valence-electron chi connectivity index (χ0n) is 15.4. The Labute approximate surface area is 173 Å². The lowest BCUT2D eigenvalue weighted by atomic mass is 9.76. The number of anilines is 2. The molecule has 2 amide bonds. The van der Waals surface area contributed by atoms with Crippen molar-refractivity contribution in [3.8, 4) is 0 Å². The zero-order valence-corrected chi connectivity index (χ0v) is 17.1. The van der Waals surface area contributed by atoms with Gasteiger partial charge in [-0.15, -0.1) is 12.4 Å². The molecule has 1 aliphatic carbocycles. The molecule has 2 fully saturated rings. The molecule has 152 valence electrons. The van der Waals surface area contributed by atoms with Crippen LogP contribution < -0.4 is 16.0 Å². The summed E-state index contributed by atoms with van der Waals surface area (Å²) in [7, 11) is 0. The molecular weight excluding hydrogens is 400 g/mol. The molecule has 1 saturated heterocycles. The first kappa shape index (κ1) is 20.8. The van der Waals surface area contributed by atoms with E-state index in [1.54, 1.807) is 6.07 Å². The molecule has 2 aliphatic rings. The number of hydrogen-bond donors (Lipinski definition) is 4. The van der Waals surface area contributed by atoms with E-state index >= 15 is 0 Å². The van der Waals surface area contributed by atoms with Crippen LogP contribution in [0.25, 0.3) is 10.2 Å². The number of carbonyl (C=O) groups is 2. The first-order valence-corrected chi connectivity index (χ1v) is 10.4. The van der Waals surface area contributed by atoms with Gasteiger partial charge in [-0.1, -0.05) is 43.4 Å². The topological polar surface area (TPSA) is 103 Å². The Balaban J connectivity index is 0.00000225. The smallest absolute Gasteiger partial charge is 0.410 e. The van der Waals surface area contributed by atoms with E-state index < -0.39 is 6.09 Å².